The van der Waals surface area contributed by atoms with Crippen molar-refractivity contribution in [3.63, 3.8) is 0 Å². The van der Waals surface area contributed by atoms with Crippen molar-refractivity contribution in [3.05, 3.63) is 48.2 Å². The second-order valence-corrected chi connectivity index (χ2v) is 6.17. The molecule has 0 aliphatic rings. The van der Waals surface area contributed by atoms with Crippen molar-refractivity contribution in [1.82, 2.24) is 25.0 Å². The van der Waals surface area contributed by atoms with Gasteiger partial charge in [0.1, 0.15) is 11.3 Å². The Morgan fingerprint density at radius 3 is 2.45 bits per heavy atom. The van der Waals surface area contributed by atoms with E-state index in [0.29, 0.717) is 11.3 Å². The van der Waals surface area contributed by atoms with Crippen molar-refractivity contribution >= 4 is 17.4 Å². The van der Waals surface area contributed by atoms with Crippen LogP contribution >= 0.6 is 0 Å². The molecule has 0 aromatic carbocycles. The van der Waals surface area contributed by atoms with Gasteiger partial charge < -0.3 is 20.1 Å². The third kappa shape index (κ3) is 4.88. The maximum absolute atomic E-state index is 13.5. The van der Waals surface area contributed by atoms with Crippen LogP contribution in [0.5, 0.6) is 5.75 Å². The zero-order valence-corrected chi connectivity index (χ0v) is 16.6. The number of nitrogens with zero attached hydrogens (tertiary/aromatic N) is 5. The number of rotatable bonds is 6. The van der Waals surface area contributed by atoms with Crippen LogP contribution in [-0.2, 0) is 10.9 Å². The average Bonchev–Trinajstić information content (AvgIpc) is 3.27. The molecule has 0 saturated carbocycles. The summed E-state index contributed by atoms with van der Waals surface area (Å²) in [4.78, 5) is 20.9. The molecule has 1 atom stereocenters. The van der Waals surface area contributed by atoms with Crippen LogP contribution in [0.3, 0.4) is 0 Å². The molecule has 31 heavy (non-hydrogen) atoms. The number of carbonyl (C=O) groups is 1. The van der Waals surface area contributed by atoms with Gasteiger partial charge >= 0.3 is 12.2 Å². The van der Waals surface area contributed by atoms with Gasteiger partial charge in [0.15, 0.2) is 5.82 Å². The Morgan fingerprint density at radius 2 is 1.84 bits per heavy atom. The van der Waals surface area contributed by atoms with Crippen LogP contribution < -0.4 is 15.4 Å². The van der Waals surface area contributed by atoms with E-state index in [2.05, 4.69) is 30.8 Å². The molecule has 0 aliphatic heterocycles. The van der Waals surface area contributed by atoms with E-state index < -0.39 is 29.7 Å². The van der Waals surface area contributed by atoms with Gasteiger partial charge in [0.05, 0.1) is 55.6 Å². The van der Waals surface area contributed by atoms with Crippen molar-refractivity contribution < 1.29 is 27.4 Å². The van der Waals surface area contributed by atoms with E-state index in [4.69, 9.17) is 9.47 Å². The highest BCUT2D eigenvalue weighted by molar-refractivity contribution is 6.00. The first-order valence-electron chi connectivity index (χ1n) is 8.81. The van der Waals surface area contributed by atoms with E-state index >= 15 is 0 Å². The van der Waals surface area contributed by atoms with Gasteiger partial charge in [0.25, 0.3) is 0 Å². The number of alkyl halides is 3. The first-order chi connectivity index (χ1) is 14.7. The fourth-order valence-corrected chi connectivity index (χ4v) is 2.75. The molecule has 3 heterocycles. The molecule has 10 nitrogen and oxygen atoms in total. The van der Waals surface area contributed by atoms with Crippen molar-refractivity contribution in [3.8, 4) is 11.6 Å². The van der Waals surface area contributed by atoms with Gasteiger partial charge in [-0.25, -0.2) is 9.78 Å². The highest BCUT2D eigenvalue weighted by Crippen LogP contribution is 2.35. The van der Waals surface area contributed by atoms with E-state index in [-0.39, 0.29) is 11.4 Å². The second-order valence-electron chi connectivity index (χ2n) is 6.17. The molecule has 0 fully saturated rings. The lowest BCUT2D eigenvalue weighted by atomic mass is 10.1. The van der Waals surface area contributed by atoms with Crippen molar-refractivity contribution in [2.75, 3.05) is 24.9 Å². The molecule has 0 unspecified atom stereocenters. The van der Waals surface area contributed by atoms with E-state index in [9.17, 15) is 18.0 Å². The number of urea groups is 1. The number of ether oxygens (including phenoxy) is 2. The Labute approximate surface area is 174 Å². The summed E-state index contributed by atoms with van der Waals surface area (Å²) in [5.41, 5.74) is -0.506. The number of amides is 2. The third-order valence-corrected chi connectivity index (χ3v) is 4.22. The third-order valence-electron chi connectivity index (χ3n) is 4.22. The predicted molar refractivity (Wildman–Crippen MR) is 103 cm³/mol. The lowest BCUT2D eigenvalue weighted by Gasteiger charge is -2.19. The number of methoxy groups -OCH3 is 2. The number of pyridine rings is 2. The number of hydrogen-bond acceptors (Lipinski definition) is 7. The summed E-state index contributed by atoms with van der Waals surface area (Å²) >= 11 is 0. The maximum atomic E-state index is 13.5. The van der Waals surface area contributed by atoms with Gasteiger partial charge in [0, 0.05) is 12.7 Å². The molecule has 13 heteroatoms. The van der Waals surface area contributed by atoms with Crippen LogP contribution in [0.25, 0.3) is 5.82 Å². The Kier molecular flexibility index (Phi) is 6.34. The molecule has 3 aromatic rings. The molecule has 0 spiro atoms. The van der Waals surface area contributed by atoms with Gasteiger partial charge in [0.2, 0.25) is 0 Å². The minimum absolute atomic E-state index is 0.182. The minimum atomic E-state index is -4.75. The predicted octanol–water partition coefficient (Wildman–Crippen LogP) is 3.44. The van der Waals surface area contributed by atoms with Crippen molar-refractivity contribution in [1.29, 1.82) is 0 Å². The molecule has 3 rings (SSSR count). The molecule has 3 aromatic heterocycles. The Morgan fingerprint density at radius 1 is 1.13 bits per heavy atom. The quantitative estimate of drug-likeness (QED) is 0.607. The molecular formula is C18H18F3N7O3. The lowest BCUT2D eigenvalue weighted by Crippen LogP contribution is -2.22. The molecule has 2 amide bonds. The summed E-state index contributed by atoms with van der Waals surface area (Å²) in [7, 11) is 2.92. The standard InChI is InChI=1S/C18H18F3N7O3/c1-10(30-2)15-13(8-22-9-14(15)31-3)27-17(29)26-11-6-12(18(19,20)21)16(23-7-11)28-24-4-5-25-28/h4-10H,1-3H3,(H2,26,27,29)/t10-/m0/s1. The number of anilines is 2. The van der Waals surface area contributed by atoms with Crippen LogP contribution in [-0.4, -0.2) is 45.2 Å². The van der Waals surface area contributed by atoms with Gasteiger partial charge in [-0.3, -0.25) is 4.98 Å². The molecule has 164 valence electrons. The Balaban J connectivity index is 1.87. The largest absolute Gasteiger partial charge is 0.495 e. The van der Waals surface area contributed by atoms with Gasteiger partial charge in [-0.05, 0) is 13.0 Å². The summed E-state index contributed by atoms with van der Waals surface area (Å²) in [6, 6.07) is -0.0622. The second kappa shape index (κ2) is 8.95. The Hall–Kier alpha value is -3.74. The molecule has 0 aliphatic carbocycles. The Bertz CT molecular complexity index is 1060. The first-order valence-corrected chi connectivity index (χ1v) is 8.81. The SMILES string of the molecule is COc1cncc(NC(=O)Nc2cnc(-n3nccn3)c(C(F)(F)F)c2)c1[C@H](C)OC. The smallest absolute Gasteiger partial charge is 0.420 e. The van der Waals surface area contributed by atoms with Crippen LogP contribution in [0, 0.1) is 0 Å². The normalized spacial score (nSPS) is 12.3. The molecule has 0 bridgehead atoms. The van der Waals surface area contributed by atoms with Gasteiger partial charge in [-0.15, -0.1) is 4.80 Å². The van der Waals surface area contributed by atoms with Crippen LogP contribution in [0.1, 0.15) is 24.2 Å². The molecule has 2 N–H and O–H groups in total. The van der Waals surface area contributed by atoms with Gasteiger partial charge in [-0.1, -0.05) is 0 Å². The molecule has 0 saturated heterocycles. The highest BCUT2D eigenvalue weighted by Gasteiger charge is 2.36. The van der Waals surface area contributed by atoms with E-state index in [1.807, 2.05) is 0 Å². The zero-order chi connectivity index (χ0) is 22.6. The van der Waals surface area contributed by atoms with Gasteiger partial charge in [-0.2, -0.15) is 23.4 Å². The lowest BCUT2D eigenvalue weighted by molar-refractivity contribution is -0.137. The highest BCUT2D eigenvalue weighted by atomic mass is 19.4. The van der Waals surface area contributed by atoms with E-state index in [0.717, 1.165) is 17.1 Å². The van der Waals surface area contributed by atoms with Crippen LogP contribution in [0.15, 0.2) is 37.1 Å². The summed E-state index contributed by atoms with van der Waals surface area (Å²) in [5.74, 6) is -0.138. The van der Waals surface area contributed by atoms with Crippen molar-refractivity contribution in [2.24, 2.45) is 0 Å². The molecular weight excluding hydrogens is 419 g/mol. The maximum Gasteiger partial charge on any atom is 0.420 e. The minimum Gasteiger partial charge on any atom is -0.495 e. The summed E-state index contributed by atoms with van der Waals surface area (Å²) < 4.78 is 51.0. The number of hydrogen-bond donors (Lipinski definition) is 2. The van der Waals surface area contributed by atoms with E-state index in [1.54, 1.807) is 6.92 Å². The van der Waals surface area contributed by atoms with Crippen LogP contribution in [0.2, 0.25) is 0 Å². The topological polar surface area (TPSA) is 116 Å². The first kappa shape index (κ1) is 22.0. The molecule has 0 radical (unpaired) electrons. The summed E-state index contributed by atoms with van der Waals surface area (Å²) in [5, 5.41) is 12.2. The monoisotopic (exact) mass is 437 g/mol. The fraction of sp³-hybridized carbons (Fsp3) is 0.278. The summed E-state index contributed by atoms with van der Waals surface area (Å²) in [6.07, 6.45) is 1.14. The number of carbonyl (C=O) groups excluding carboxylic acids is 1. The summed E-state index contributed by atoms with van der Waals surface area (Å²) in [6.45, 7) is 1.74. The zero-order valence-electron chi connectivity index (χ0n) is 16.6. The number of nitrogens with one attached hydrogen (secondary N) is 2. The average molecular weight is 437 g/mol. The number of halogens is 3. The van der Waals surface area contributed by atoms with Crippen molar-refractivity contribution in [2.45, 2.75) is 19.2 Å². The van der Waals surface area contributed by atoms with E-state index in [1.165, 1.54) is 39.0 Å². The van der Waals surface area contributed by atoms with Crippen LogP contribution in [0.4, 0.5) is 29.3 Å². The fourth-order valence-electron chi connectivity index (χ4n) is 2.75. The number of aromatic nitrogens is 5.